The number of rotatable bonds is 2. The Morgan fingerprint density at radius 1 is 0.842 bits per heavy atom. The van der Waals surface area contributed by atoms with Gasteiger partial charge >= 0.3 is 0 Å². The van der Waals surface area contributed by atoms with Crippen molar-refractivity contribution in [2.75, 3.05) is 13.2 Å². The zero-order valence-corrected chi connectivity index (χ0v) is 12.4. The van der Waals surface area contributed by atoms with Crippen LogP contribution < -0.4 is 5.73 Å². The molecule has 110 valence electrons. The molecule has 3 atom stereocenters. The second-order valence-corrected chi connectivity index (χ2v) is 7.28. The summed E-state index contributed by atoms with van der Waals surface area (Å²) >= 11 is 0. The fourth-order valence-electron chi connectivity index (χ4n) is 5.13. The van der Waals surface area contributed by atoms with Crippen LogP contribution in [0.1, 0.15) is 70.6 Å². The van der Waals surface area contributed by atoms with Crippen LogP contribution in [0.5, 0.6) is 0 Å². The molecule has 1 saturated heterocycles. The van der Waals surface area contributed by atoms with Crippen molar-refractivity contribution in [3.8, 4) is 0 Å². The largest absolute Gasteiger partial charge is 0.381 e. The molecule has 2 saturated carbocycles. The van der Waals surface area contributed by atoms with Crippen LogP contribution in [0.3, 0.4) is 0 Å². The molecule has 3 fully saturated rings. The topological polar surface area (TPSA) is 35.2 Å². The minimum Gasteiger partial charge on any atom is -0.381 e. The Hall–Kier alpha value is -0.0800. The van der Waals surface area contributed by atoms with Crippen LogP contribution >= 0.6 is 0 Å². The minimum atomic E-state index is 0.0979. The van der Waals surface area contributed by atoms with Gasteiger partial charge in [-0.2, -0.15) is 0 Å². The van der Waals surface area contributed by atoms with E-state index >= 15 is 0 Å². The van der Waals surface area contributed by atoms with E-state index in [1.165, 1.54) is 70.6 Å². The Labute approximate surface area is 118 Å². The van der Waals surface area contributed by atoms with Crippen LogP contribution in [0.25, 0.3) is 0 Å². The third-order valence-corrected chi connectivity index (χ3v) is 6.20. The highest BCUT2D eigenvalue weighted by atomic mass is 16.5. The van der Waals surface area contributed by atoms with Crippen LogP contribution in [0.4, 0.5) is 0 Å². The molecule has 1 aliphatic heterocycles. The van der Waals surface area contributed by atoms with Crippen LogP contribution in [0.2, 0.25) is 0 Å². The first-order valence-electron chi connectivity index (χ1n) is 8.67. The molecular weight excluding hydrogens is 234 g/mol. The summed E-state index contributed by atoms with van der Waals surface area (Å²) in [4.78, 5) is 0. The maximum absolute atomic E-state index is 7.03. The normalized spacial score (nSPS) is 42.2. The summed E-state index contributed by atoms with van der Waals surface area (Å²) in [6, 6.07) is 0. The van der Waals surface area contributed by atoms with Gasteiger partial charge in [-0.1, -0.05) is 44.9 Å². The van der Waals surface area contributed by atoms with Gasteiger partial charge in [-0.15, -0.1) is 0 Å². The highest BCUT2D eigenvalue weighted by molar-refractivity contribution is 5.02. The van der Waals surface area contributed by atoms with E-state index in [-0.39, 0.29) is 5.54 Å². The number of hydrogen-bond acceptors (Lipinski definition) is 2. The predicted octanol–water partition coefficient (Wildman–Crippen LogP) is 3.88. The van der Waals surface area contributed by atoms with Crippen molar-refractivity contribution in [3.63, 3.8) is 0 Å². The summed E-state index contributed by atoms with van der Waals surface area (Å²) in [6.45, 7) is 1.89. The van der Waals surface area contributed by atoms with Crippen LogP contribution in [0, 0.1) is 17.8 Å². The first-order valence-corrected chi connectivity index (χ1v) is 8.67. The summed E-state index contributed by atoms with van der Waals surface area (Å²) in [5.74, 6) is 2.34. The van der Waals surface area contributed by atoms with Gasteiger partial charge in [-0.3, -0.25) is 0 Å². The zero-order chi connectivity index (χ0) is 13.1. The minimum absolute atomic E-state index is 0.0979. The maximum Gasteiger partial charge on any atom is 0.0511 e. The summed E-state index contributed by atoms with van der Waals surface area (Å²) in [5.41, 5.74) is 7.13. The lowest BCUT2D eigenvalue weighted by Crippen LogP contribution is -2.59. The van der Waals surface area contributed by atoms with E-state index in [2.05, 4.69) is 0 Å². The van der Waals surface area contributed by atoms with Gasteiger partial charge in [0, 0.05) is 18.1 Å². The Balaban J connectivity index is 1.74. The van der Waals surface area contributed by atoms with Gasteiger partial charge in [0.2, 0.25) is 0 Å². The SMILES string of the molecule is NC1(C2CCCOC2)CCCCC1C1CCCCC1. The Morgan fingerprint density at radius 3 is 2.37 bits per heavy atom. The molecule has 0 amide bonds. The summed E-state index contributed by atoms with van der Waals surface area (Å²) in [5, 5.41) is 0. The van der Waals surface area contributed by atoms with E-state index in [9.17, 15) is 0 Å². The fourth-order valence-corrected chi connectivity index (χ4v) is 5.13. The lowest BCUT2D eigenvalue weighted by Gasteiger charge is -2.51. The fraction of sp³-hybridized carbons (Fsp3) is 1.00. The van der Waals surface area contributed by atoms with Crippen molar-refractivity contribution < 1.29 is 4.74 Å². The Bertz CT molecular complexity index is 281. The molecule has 0 spiro atoms. The second kappa shape index (κ2) is 6.13. The van der Waals surface area contributed by atoms with Crippen molar-refractivity contribution in [2.24, 2.45) is 23.5 Å². The monoisotopic (exact) mass is 265 g/mol. The van der Waals surface area contributed by atoms with Gasteiger partial charge < -0.3 is 10.5 Å². The molecule has 0 radical (unpaired) electrons. The summed E-state index contributed by atoms with van der Waals surface area (Å²) in [6.07, 6.45) is 15.1. The Kier molecular flexibility index (Phi) is 4.48. The summed E-state index contributed by atoms with van der Waals surface area (Å²) < 4.78 is 5.76. The molecule has 0 aromatic rings. The first-order chi connectivity index (χ1) is 9.31. The Morgan fingerprint density at radius 2 is 1.63 bits per heavy atom. The van der Waals surface area contributed by atoms with E-state index in [0.717, 1.165) is 25.0 Å². The van der Waals surface area contributed by atoms with Crippen molar-refractivity contribution >= 4 is 0 Å². The van der Waals surface area contributed by atoms with Crippen LogP contribution in [0.15, 0.2) is 0 Å². The molecule has 0 aromatic carbocycles. The van der Waals surface area contributed by atoms with Crippen molar-refractivity contribution in [3.05, 3.63) is 0 Å². The summed E-state index contributed by atoms with van der Waals surface area (Å²) in [7, 11) is 0. The van der Waals surface area contributed by atoms with Crippen LogP contribution in [-0.4, -0.2) is 18.8 Å². The number of ether oxygens (including phenoxy) is 1. The molecule has 2 heteroatoms. The molecule has 0 aromatic heterocycles. The van der Waals surface area contributed by atoms with E-state index in [0.29, 0.717) is 5.92 Å². The number of hydrogen-bond donors (Lipinski definition) is 1. The molecule has 0 bridgehead atoms. The van der Waals surface area contributed by atoms with Crippen molar-refractivity contribution in [1.82, 2.24) is 0 Å². The average Bonchev–Trinajstić information content (AvgIpc) is 2.49. The van der Waals surface area contributed by atoms with Crippen LogP contribution in [-0.2, 0) is 4.74 Å². The lowest BCUT2D eigenvalue weighted by atomic mass is 9.59. The standard InChI is InChI=1S/C17H31NO/c18-17(15-9-6-12-19-13-15)11-5-4-10-16(17)14-7-2-1-3-8-14/h14-16H,1-13,18H2. The predicted molar refractivity (Wildman–Crippen MR) is 79.0 cm³/mol. The molecule has 3 aliphatic rings. The molecule has 2 nitrogen and oxygen atoms in total. The quantitative estimate of drug-likeness (QED) is 0.822. The van der Waals surface area contributed by atoms with Gasteiger partial charge in [0.05, 0.1) is 6.61 Å². The van der Waals surface area contributed by atoms with E-state index in [1.807, 2.05) is 0 Å². The van der Waals surface area contributed by atoms with Gasteiger partial charge in [0.25, 0.3) is 0 Å². The first kappa shape index (κ1) is 13.9. The second-order valence-electron chi connectivity index (χ2n) is 7.28. The van der Waals surface area contributed by atoms with Gasteiger partial charge in [0.15, 0.2) is 0 Å². The third-order valence-electron chi connectivity index (χ3n) is 6.20. The molecular formula is C17H31NO. The molecule has 3 rings (SSSR count). The average molecular weight is 265 g/mol. The van der Waals surface area contributed by atoms with E-state index < -0.39 is 0 Å². The third kappa shape index (κ3) is 2.85. The maximum atomic E-state index is 7.03. The van der Waals surface area contributed by atoms with Gasteiger partial charge in [-0.05, 0) is 37.5 Å². The van der Waals surface area contributed by atoms with Gasteiger partial charge in [0.1, 0.15) is 0 Å². The highest BCUT2D eigenvalue weighted by Gasteiger charge is 2.46. The van der Waals surface area contributed by atoms with Crippen molar-refractivity contribution in [1.29, 1.82) is 0 Å². The van der Waals surface area contributed by atoms with E-state index in [1.54, 1.807) is 0 Å². The molecule has 2 aliphatic carbocycles. The molecule has 3 unspecified atom stereocenters. The molecule has 2 N–H and O–H groups in total. The molecule has 1 heterocycles. The van der Waals surface area contributed by atoms with E-state index in [4.69, 9.17) is 10.5 Å². The molecule has 19 heavy (non-hydrogen) atoms. The van der Waals surface area contributed by atoms with Crippen molar-refractivity contribution in [2.45, 2.75) is 76.2 Å². The highest BCUT2D eigenvalue weighted by Crippen LogP contribution is 2.47. The number of nitrogens with two attached hydrogens (primary N) is 1. The van der Waals surface area contributed by atoms with Gasteiger partial charge in [-0.25, -0.2) is 0 Å². The smallest absolute Gasteiger partial charge is 0.0511 e. The zero-order valence-electron chi connectivity index (χ0n) is 12.4. The lowest BCUT2D eigenvalue weighted by molar-refractivity contribution is -0.0271.